The molecule has 0 spiro atoms. The van der Waals surface area contributed by atoms with Gasteiger partial charge in [0.25, 0.3) is 0 Å². The third kappa shape index (κ3) is 2.46. The molecule has 92 valence electrons. The van der Waals surface area contributed by atoms with Crippen molar-refractivity contribution in [2.45, 2.75) is 13.8 Å². The van der Waals surface area contributed by atoms with Gasteiger partial charge < -0.3 is 0 Å². The first-order valence-corrected chi connectivity index (χ1v) is 6.64. The molecule has 0 aliphatic carbocycles. The smallest absolute Gasteiger partial charge is 0.194 e. The highest BCUT2D eigenvalue weighted by Gasteiger charge is 2.15. The Morgan fingerprint density at radius 3 is 2.44 bits per heavy atom. The fourth-order valence-electron chi connectivity index (χ4n) is 1.85. The molecule has 0 fully saturated rings. The van der Waals surface area contributed by atoms with Gasteiger partial charge in [-0.3, -0.25) is 4.79 Å². The van der Waals surface area contributed by atoms with Crippen molar-refractivity contribution < 1.29 is 9.18 Å². The van der Waals surface area contributed by atoms with Crippen LogP contribution in [0.1, 0.15) is 27.0 Å². The molecular formula is C15H12FIO. The average Bonchev–Trinajstić information content (AvgIpc) is 2.32. The summed E-state index contributed by atoms with van der Waals surface area (Å²) in [5.41, 5.74) is 2.96. The highest BCUT2D eigenvalue weighted by atomic mass is 127. The molecule has 0 radical (unpaired) electrons. The SMILES string of the molecule is Cc1cc(F)ccc1C(=O)c1cccc(C)c1I. The molecule has 2 rings (SSSR count). The Kier molecular flexibility index (Phi) is 3.80. The third-order valence-corrected chi connectivity index (χ3v) is 4.30. The van der Waals surface area contributed by atoms with Crippen molar-refractivity contribution in [1.29, 1.82) is 0 Å². The Labute approximate surface area is 119 Å². The van der Waals surface area contributed by atoms with Crippen molar-refractivity contribution in [3.63, 3.8) is 0 Å². The number of hydrogen-bond acceptors (Lipinski definition) is 1. The van der Waals surface area contributed by atoms with E-state index in [0.29, 0.717) is 16.7 Å². The summed E-state index contributed by atoms with van der Waals surface area (Å²) in [6.07, 6.45) is 0. The second-order valence-corrected chi connectivity index (χ2v) is 5.30. The molecule has 1 nitrogen and oxygen atoms in total. The number of carbonyl (C=O) groups excluding carboxylic acids is 1. The second kappa shape index (κ2) is 5.18. The van der Waals surface area contributed by atoms with Gasteiger partial charge in [0.1, 0.15) is 5.82 Å². The first-order valence-electron chi connectivity index (χ1n) is 5.56. The first-order chi connectivity index (χ1) is 8.50. The lowest BCUT2D eigenvalue weighted by molar-refractivity contribution is 0.103. The maximum Gasteiger partial charge on any atom is 0.194 e. The van der Waals surface area contributed by atoms with Crippen LogP contribution in [0, 0.1) is 23.2 Å². The molecule has 2 aromatic rings. The van der Waals surface area contributed by atoms with Crippen molar-refractivity contribution in [2.75, 3.05) is 0 Å². The predicted octanol–water partition coefficient (Wildman–Crippen LogP) is 4.28. The van der Waals surface area contributed by atoms with Crippen LogP contribution in [0.4, 0.5) is 4.39 Å². The van der Waals surface area contributed by atoms with Gasteiger partial charge in [0.05, 0.1) is 0 Å². The maximum absolute atomic E-state index is 13.0. The van der Waals surface area contributed by atoms with E-state index >= 15 is 0 Å². The standard InChI is InChI=1S/C15H12FIO/c1-9-4-3-5-13(14(9)17)15(18)12-7-6-11(16)8-10(12)2/h3-8H,1-2H3. The van der Waals surface area contributed by atoms with E-state index in [0.717, 1.165) is 9.13 Å². The number of carbonyl (C=O) groups is 1. The van der Waals surface area contributed by atoms with E-state index in [-0.39, 0.29) is 11.6 Å². The van der Waals surface area contributed by atoms with Crippen molar-refractivity contribution >= 4 is 28.4 Å². The molecule has 0 N–H and O–H groups in total. The van der Waals surface area contributed by atoms with Crippen LogP contribution in [0.2, 0.25) is 0 Å². The monoisotopic (exact) mass is 354 g/mol. The molecule has 3 heteroatoms. The van der Waals surface area contributed by atoms with Gasteiger partial charge in [0.2, 0.25) is 0 Å². The zero-order valence-electron chi connectivity index (χ0n) is 10.1. The lowest BCUT2D eigenvalue weighted by Crippen LogP contribution is -2.07. The fourth-order valence-corrected chi connectivity index (χ4v) is 2.45. The lowest BCUT2D eigenvalue weighted by atomic mass is 9.98. The first kappa shape index (κ1) is 13.2. The zero-order valence-corrected chi connectivity index (χ0v) is 12.3. The molecular weight excluding hydrogens is 342 g/mol. The minimum atomic E-state index is -0.317. The predicted molar refractivity (Wildman–Crippen MR) is 78.5 cm³/mol. The molecule has 0 atom stereocenters. The van der Waals surface area contributed by atoms with Gasteiger partial charge >= 0.3 is 0 Å². The van der Waals surface area contributed by atoms with Crippen LogP contribution < -0.4 is 0 Å². The molecule has 0 aliphatic rings. The summed E-state index contributed by atoms with van der Waals surface area (Å²) in [4.78, 5) is 12.4. The molecule has 0 saturated carbocycles. The van der Waals surface area contributed by atoms with Crippen molar-refractivity contribution in [2.24, 2.45) is 0 Å². The van der Waals surface area contributed by atoms with E-state index in [9.17, 15) is 9.18 Å². The van der Waals surface area contributed by atoms with Gasteiger partial charge in [-0.2, -0.15) is 0 Å². The number of benzene rings is 2. The molecule has 2 aromatic carbocycles. The van der Waals surface area contributed by atoms with Crippen LogP contribution in [0.25, 0.3) is 0 Å². The number of ketones is 1. The van der Waals surface area contributed by atoms with E-state index < -0.39 is 0 Å². The van der Waals surface area contributed by atoms with Crippen LogP contribution in [0.3, 0.4) is 0 Å². The Morgan fingerprint density at radius 2 is 1.78 bits per heavy atom. The summed E-state index contributed by atoms with van der Waals surface area (Å²) >= 11 is 2.17. The second-order valence-electron chi connectivity index (χ2n) is 4.22. The van der Waals surface area contributed by atoms with Crippen LogP contribution in [0.15, 0.2) is 36.4 Å². The lowest BCUT2D eigenvalue weighted by Gasteiger charge is -2.08. The summed E-state index contributed by atoms with van der Waals surface area (Å²) in [5.74, 6) is -0.372. The topological polar surface area (TPSA) is 17.1 Å². The normalized spacial score (nSPS) is 10.4. The van der Waals surface area contributed by atoms with Crippen LogP contribution in [-0.2, 0) is 0 Å². The van der Waals surface area contributed by atoms with Gasteiger partial charge in [0.15, 0.2) is 5.78 Å². The molecule has 0 bridgehead atoms. The minimum absolute atomic E-state index is 0.0550. The Bertz CT molecular complexity index is 620. The Morgan fingerprint density at radius 1 is 1.06 bits per heavy atom. The average molecular weight is 354 g/mol. The van der Waals surface area contributed by atoms with Gasteiger partial charge in [-0.25, -0.2) is 4.39 Å². The van der Waals surface area contributed by atoms with Crippen LogP contribution in [0.5, 0.6) is 0 Å². The number of hydrogen-bond donors (Lipinski definition) is 0. The highest BCUT2D eigenvalue weighted by molar-refractivity contribution is 14.1. The van der Waals surface area contributed by atoms with E-state index in [1.165, 1.54) is 12.1 Å². The van der Waals surface area contributed by atoms with Gasteiger partial charge in [-0.1, -0.05) is 12.1 Å². The van der Waals surface area contributed by atoms with Crippen LogP contribution in [-0.4, -0.2) is 5.78 Å². The minimum Gasteiger partial charge on any atom is -0.289 e. The summed E-state index contributed by atoms with van der Waals surface area (Å²) in [6, 6.07) is 9.89. The summed E-state index contributed by atoms with van der Waals surface area (Å²) in [5, 5.41) is 0. The van der Waals surface area contributed by atoms with E-state index in [2.05, 4.69) is 22.6 Å². The molecule has 0 unspecified atom stereocenters. The molecule has 18 heavy (non-hydrogen) atoms. The van der Waals surface area contributed by atoms with Crippen molar-refractivity contribution in [3.8, 4) is 0 Å². The molecule has 0 aliphatic heterocycles. The number of halogens is 2. The maximum atomic E-state index is 13.0. The van der Waals surface area contributed by atoms with Gasteiger partial charge in [-0.05, 0) is 71.8 Å². The summed E-state index contributed by atoms with van der Waals surface area (Å²) in [6.45, 7) is 3.72. The van der Waals surface area contributed by atoms with Gasteiger partial charge in [-0.15, -0.1) is 0 Å². The van der Waals surface area contributed by atoms with E-state index in [1.807, 2.05) is 19.1 Å². The molecule has 0 heterocycles. The fraction of sp³-hybridized carbons (Fsp3) is 0.133. The third-order valence-electron chi connectivity index (χ3n) is 2.87. The van der Waals surface area contributed by atoms with E-state index in [1.54, 1.807) is 19.1 Å². The highest BCUT2D eigenvalue weighted by Crippen LogP contribution is 2.21. The molecule has 0 aromatic heterocycles. The Hall–Kier alpha value is -1.23. The largest absolute Gasteiger partial charge is 0.289 e. The summed E-state index contributed by atoms with van der Waals surface area (Å²) in [7, 11) is 0. The van der Waals surface area contributed by atoms with E-state index in [4.69, 9.17) is 0 Å². The van der Waals surface area contributed by atoms with Crippen LogP contribution >= 0.6 is 22.6 Å². The van der Waals surface area contributed by atoms with Crippen molar-refractivity contribution in [1.82, 2.24) is 0 Å². The zero-order chi connectivity index (χ0) is 13.3. The van der Waals surface area contributed by atoms with Gasteiger partial charge in [0, 0.05) is 14.7 Å². The molecule has 0 amide bonds. The number of aryl methyl sites for hydroxylation is 2. The van der Waals surface area contributed by atoms with Crippen molar-refractivity contribution in [3.05, 3.63) is 68.0 Å². The summed E-state index contributed by atoms with van der Waals surface area (Å²) < 4.78 is 14.0. The Balaban J connectivity index is 2.51. The molecule has 0 saturated heterocycles. The number of rotatable bonds is 2. The quantitative estimate of drug-likeness (QED) is 0.581.